The first-order valence-electron chi connectivity index (χ1n) is 48.1. The topological polar surface area (TPSA) is 0 Å². The highest BCUT2D eigenvalue weighted by Crippen LogP contribution is 2.65. The zero-order valence-electron chi connectivity index (χ0n) is 76.0. The minimum Gasteiger partial charge on any atom is -0.0622 e. The Balaban J connectivity index is 0.000000145. The van der Waals surface area contributed by atoms with Gasteiger partial charge < -0.3 is 0 Å². The van der Waals surface area contributed by atoms with Gasteiger partial charge in [0.05, 0.1) is 10.8 Å². The standard InChI is InChI=1S/C75H50.C63H40/c1-5-23-51(24-6-1)58-47-59(52-25-7-2-8-26-52)49-60(48-58)53-41-43-56(44-42-53)73-65-34-13-15-36-67(65)74(68-37-16-14-35-66(68)73)57-45-46-64-63-33-19-22-40-71(63)75(72(64)50-57,69-38-20-17-31-61(69)54-27-9-3-10-28-54)70-39-21-18-32-62(70)55-29-11-4-12-30-55;1-3-17-41(18-4-1)46-37-47(42-19-5-2-6-20-42)39-48(38-46)43-31-33-44(34-32-43)61-53-24-7-9-26-55(53)62(56-27-10-8-25-54(56)61)45-35-36-52-51-23-13-16-30-59(51)63(60(52)40-45)57-28-14-11-21-49(57)50-22-12-15-29-58(50)63/h1-50H;1-40H. The van der Waals surface area contributed by atoms with E-state index in [4.69, 9.17) is 0 Å². The molecule has 0 N–H and O–H groups in total. The molecular weight excluding hydrogens is 1660 g/mol. The van der Waals surface area contributed by atoms with Crippen molar-refractivity contribution < 1.29 is 0 Å². The number of benzene rings is 24. The summed E-state index contributed by atoms with van der Waals surface area (Å²) in [5.74, 6) is 0. The van der Waals surface area contributed by atoms with Crippen LogP contribution in [0.3, 0.4) is 0 Å². The lowest BCUT2D eigenvalue weighted by Gasteiger charge is -2.37. The van der Waals surface area contributed by atoms with Gasteiger partial charge >= 0.3 is 0 Å². The van der Waals surface area contributed by atoms with Gasteiger partial charge in [-0.1, -0.05) is 497 Å². The number of rotatable bonds is 14. The van der Waals surface area contributed by atoms with Crippen molar-refractivity contribution in [2.24, 2.45) is 0 Å². The molecular formula is C138H90. The molecule has 3 aliphatic rings. The lowest BCUT2D eigenvalue weighted by molar-refractivity contribution is 0.773. The largest absolute Gasteiger partial charge is 0.0725 e. The summed E-state index contributed by atoms with van der Waals surface area (Å²) in [6.07, 6.45) is 0. The molecule has 138 heavy (non-hydrogen) atoms. The van der Waals surface area contributed by atoms with E-state index >= 15 is 0 Å². The van der Waals surface area contributed by atoms with Crippen LogP contribution in [0.15, 0.2) is 546 Å². The molecule has 0 amide bonds. The van der Waals surface area contributed by atoms with E-state index in [1.165, 1.54) is 255 Å². The van der Waals surface area contributed by atoms with Gasteiger partial charge in [0, 0.05) is 0 Å². The Morgan fingerprint density at radius 3 is 0.486 bits per heavy atom. The van der Waals surface area contributed by atoms with Crippen LogP contribution < -0.4 is 0 Å². The lowest BCUT2D eigenvalue weighted by atomic mass is 9.64. The highest BCUT2D eigenvalue weighted by atomic mass is 14.5. The summed E-state index contributed by atoms with van der Waals surface area (Å²) in [4.78, 5) is 0. The first-order chi connectivity index (χ1) is 68.5. The monoisotopic (exact) mass is 1750 g/mol. The minimum absolute atomic E-state index is 0.398. The fourth-order valence-electron chi connectivity index (χ4n) is 23.7. The summed E-state index contributed by atoms with van der Waals surface area (Å²) < 4.78 is 0. The van der Waals surface area contributed by atoms with E-state index in [2.05, 4.69) is 546 Å². The van der Waals surface area contributed by atoms with Gasteiger partial charge in [0.1, 0.15) is 0 Å². The van der Waals surface area contributed by atoms with Crippen LogP contribution in [-0.4, -0.2) is 0 Å². The molecule has 0 aromatic heterocycles. The van der Waals surface area contributed by atoms with E-state index in [0.717, 1.165) is 0 Å². The van der Waals surface area contributed by atoms with E-state index in [1.54, 1.807) is 0 Å². The quantitative estimate of drug-likeness (QED) is 0.0952. The predicted octanol–water partition coefficient (Wildman–Crippen LogP) is 36.7. The van der Waals surface area contributed by atoms with E-state index in [9.17, 15) is 0 Å². The molecule has 0 bridgehead atoms. The fraction of sp³-hybridized carbons (Fsp3) is 0.0145. The molecule has 0 radical (unpaired) electrons. The second-order valence-corrected chi connectivity index (χ2v) is 36.9. The van der Waals surface area contributed by atoms with E-state index in [-0.39, 0.29) is 0 Å². The first-order valence-corrected chi connectivity index (χ1v) is 48.1. The molecule has 0 saturated carbocycles. The molecule has 642 valence electrons. The zero-order valence-corrected chi connectivity index (χ0v) is 76.0. The summed E-state index contributed by atoms with van der Waals surface area (Å²) in [5.41, 5.74) is 46.5. The smallest absolute Gasteiger partial charge is 0.0622 e. The Kier molecular flexibility index (Phi) is 19.9. The van der Waals surface area contributed by atoms with Crippen molar-refractivity contribution in [3.05, 3.63) is 590 Å². The Labute approximate surface area is 805 Å². The number of hydrogen-bond donors (Lipinski definition) is 0. The summed E-state index contributed by atoms with van der Waals surface area (Å²) >= 11 is 0. The molecule has 27 rings (SSSR count). The van der Waals surface area contributed by atoms with Crippen molar-refractivity contribution in [1.29, 1.82) is 0 Å². The predicted molar refractivity (Wildman–Crippen MR) is 582 cm³/mol. The third-order valence-electron chi connectivity index (χ3n) is 29.6. The normalized spacial score (nSPS) is 12.6. The number of hydrogen-bond acceptors (Lipinski definition) is 0. The maximum Gasteiger partial charge on any atom is 0.0725 e. The molecule has 0 heteroatoms. The van der Waals surface area contributed by atoms with Crippen LogP contribution in [0.4, 0.5) is 0 Å². The number of fused-ring (bicyclic) bond motifs is 17. The van der Waals surface area contributed by atoms with Crippen molar-refractivity contribution in [2.75, 3.05) is 0 Å². The highest BCUT2D eigenvalue weighted by molar-refractivity contribution is 6.23. The maximum atomic E-state index is 2.55. The Hall–Kier alpha value is -17.7. The Bertz CT molecular complexity index is 8500. The second kappa shape index (κ2) is 33.8. The van der Waals surface area contributed by atoms with Crippen LogP contribution in [0.2, 0.25) is 0 Å². The molecule has 1 spiro atoms. The molecule has 0 aliphatic heterocycles. The van der Waals surface area contributed by atoms with Gasteiger partial charge in [-0.3, -0.25) is 0 Å². The van der Waals surface area contributed by atoms with Crippen LogP contribution in [0.1, 0.15) is 44.5 Å². The van der Waals surface area contributed by atoms with Crippen molar-refractivity contribution in [3.8, 4) is 167 Å². The Morgan fingerprint density at radius 1 is 0.0870 bits per heavy atom. The van der Waals surface area contributed by atoms with Crippen molar-refractivity contribution in [3.63, 3.8) is 0 Å². The van der Waals surface area contributed by atoms with Crippen LogP contribution in [0.5, 0.6) is 0 Å². The summed E-state index contributed by atoms with van der Waals surface area (Å²) in [6.45, 7) is 0. The molecule has 0 unspecified atom stereocenters. The average molecular weight is 1750 g/mol. The molecule has 0 nitrogen and oxygen atoms in total. The molecule has 0 saturated heterocycles. The lowest BCUT2D eigenvalue weighted by Crippen LogP contribution is -2.30. The van der Waals surface area contributed by atoms with Gasteiger partial charge in [0.25, 0.3) is 0 Å². The van der Waals surface area contributed by atoms with Gasteiger partial charge in [0.15, 0.2) is 0 Å². The van der Waals surface area contributed by atoms with Gasteiger partial charge in [-0.15, -0.1) is 0 Å². The fourth-order valence-corrected chi connectivity index (χ4v) is 23.7. The SMILES string of the molecule is c1ccc(-c2cc(-c3ccccc3)cc(-c3ccc(-c4c5ccccc5c(-c5ccc6c(c5)C(c5ccccc5-c5ccccc5)(c5ccccc5-c5ccccc5)c5ccccc5-6)c5ccccc45)cc3)c2)cc1.c1ccc(-c2cc(-c3ccccc3)cc(-c3ccc(-c4c5ccccc5c(-c5ccc6c(c5)C5(c7ccccc7-c7ccccc75)c5ccccc5-6)c5ccccc45)cc3)c2)cc1. The molecule has 24 aromatic rings. The van der Waals surface area contributed by atoms with Gasteiger partial charge in [-0.2, -0.15) is 0 Å². The highest BCUT2D eigenvalue weighted by Gasteiger charge is 2.52. The van der Waals surface area contributed by atoms with Crippen LogP contribution in [0.25, 0.3) is 210 Å². The van der Waals surface area contributed by atoms with E-state index < -0.39 is 10.8 Å². The van der Waals surface area contributed by atoms with E-state index in [0.29, 0.717) is 0 Å². The molecule has 3 aliphatic carbocycles. The van der Waals surface area contributed by atoms with Crippen LogP contribution >= 0.6 is 0 Å². The first kappa shape index (κ1) is 81.1. The third-order valence-corrected chi connectivity index (χ3v) is 29.6. The van der Waals surface area contributed by atoms with Crippen LogP contribution in [-0.2, 0) is 10.8 Å². The minimum atomic E-state index is -0.684. The van der Waals surface area contributed by atoms with E-state index in [1.807, 2.05) is 0 Å². The molecule has 0 fully saturated rings. The van der Waals surface area contributed by atoms with Crippen LogP contribution in [0, 0.1) is 0 Å². The third kappa shape index (κ3) is 13.3. The zero-order chi connectivity index (χ0) is 91.2. The van der Waals surface area contributed by atoms with Crippen molar-refractivity contribution in [2.45, 2.75) is 10.8 Å². The van der Waals surface area contributed by atoms with Gasteiger partial charge in [-0.05, 0) is 303 Å². The molecule has 24 aromatic carbocycles. The van der Waals surface area contributed by atoms with Crippen molar-refractivity contribution in [1.82, 2.24) is 0 Å². The van der Waals surface area contributed by atoms with Gasteiger partial charge in [0.2, 0.25) is 0 Å². The van der Waals surface area contributed by atoms with Crippen molar-refractivity contribution >= 4 is 43.1 Å². The Morgan fingerprint density at radius 2 is 0.246 bits per heavy atom. The maximum absolute atomic E-state index is 2.55. The second-order valence-electron chi connectivity index (χ2n) is 36.9. The van der Waals surface area contributed by atoms with Gasteiger partial charge in [-0.25, -0.2) is 0 Å². The summed E-state index contributed by atoms with van der Waals surface area (Å²) in [7, 11) is 0. The summed E-state index contributed by atoms with van der Waals surface area (Å²) in [6, 6.07) is 203. The molecule has 0 atom stereocenters. The summed E-state index contributed by atoms with van der Waals surface area (Å²) in [5, 5.41) is 9.95. The average Bonchev–Trinajstić information content (AvgIpc) is 1.51. The molecule has 0 heterocycles.